The molecule has 0 bridgehead atoms. The Bertz CT molecular complexity index is 380. The van der Waals surface area contributed by atoms with Crippen molar-refractivity contribution in [2.75, 3.05) is 72.7 Å². The summed E-state index contributed by atoms with van der Waals surface area (Å²) < 4.78 is 11.1. The van der Waals surface area contributed by atoms with E-state index in [1.807, 2.05) is 0 Å². The van der Waals surface area contributed by atoms with Crippen LogP contribution in [-0.4, -0.2) is 101 Å². The molecule has 2 heterocycles. The zero-order valence-electron chi connectivity index (χ0n) is 16.3. The van der Waals surface area contributed by atoms with E-state index in [0.717, 1.165) is 84.4 Å². The van der Waals surface area contributed by atoms with E-state index in [1.165, 1.54) is 0 Å². The molecule has 7 nitrogen and oxygen atoms in total. The van der Waals surface area contributed by atoms with Gasteiger partial charge < -0.3 is 25.0 Å². The van der Waals surface area contributed by atoms with Crippen molar-refractivity contribution >= 4 is 5.96 Å². The molecular formula is C18H37N5O2. The van der Waals surface area contributed by atoms with E-state index in [1.54, 1.807) is 0 Å². The van der Waals surface area contributed by atoms with Crippen LogP contribution in [0.1, 0.15) is 26.7 Å². The normalized spacial score (nSPS) is 24.4. The molecule has 0 aromatic rings. The maximum atomic E-state index is 5.80. The number of rotatable bonds is 9. The van der Waals surface area contributed by atoms with Crippen LogP contribution in [0, 0.1) is 0 Å². The van der Waals surface area contributed by atoms with E-state index in [9.17, 15) is 0 Å². The van der Waals surface area contributed by atoms with Crippen molar-refractivity contribution in [2.45, 2.75) is 38.8 Å². The molecule has 2 aliphatic rings. The van der Waals surface area contributed by atoms with Gasteiger partial charge in [0.05, 0.1) is 19.3 Å². The quantitative estimate of drug-likeness (QED) is 0.354. The molecule has 0 amide bonds. The number of nitrogens with one attached hydrogen (secondary N) is 2. The van der Waals surface area contributed by atoms with Crippen molar-refractivity contribution in [1.82, 2.24) is 20.4 Å². The van der Waals surface area contributed by atoms with Crippen molar-refractivity contribution < 1.29 is 9.47 Å². The van der Waals surface area contributed by atoms with Crippen molar-refractivity contribution in [3.8, 4) is 0 Å². The molecule has 146 valence electrons. The molecule has 2 saturated heterocycles. The van der Waals surface area contributed by atoms with Crippen LogP contribution in [0.4, 0.5) is 0 Å². The minimum atomic E-state index is 0.298. The van der Waals surface area contributed by atoms with Crippen LogP contribution in [0.25, 0.3) is 0 Å². The summed E-state index contributed by atoms with van der Waals surface area (Å²) in [6.07, 6.45) is 2.31. The average Bonchev–Trinajstić information content (AvgIpc) is 3.13. The minimum absolute atomic E-state index is 0.298. The van der Waals surface area contributed by atoms with Crippen LogP contribution in [0.15, 0.2) is 4.99 Å². The zero-order chi connectivity index (χ0) is 17.9. The number of hydrogen-bond donors (Lipinski definition) is 2. The number of ether oxygens (including phenoxy) is 2. The number of nitrogens with zero attached hydrogens (tertiary/aromatic N) is 3. The molecule has 7 heteroatoms. The monoisotopic (exact) mass is 355 g/mol. The second kappa shape index (κ2) is 11.7. The maximum Gasteiger partial charge on any atom is 0.191 e. The van der Waals surface area contributed by atoms with Crippen molar-refractivity contribution in [1.29, 1.82) is 0 Å². The van der Waals surface area contributed by atoms with Gasteiger partial charge in [0, 0.05) is 58.5 Å². The molecular weight excluding hydrogens is 318 g/mol. The smallest absolute Gasteiger partial charge is 0.191 e. The number of likely N-dealkylation sites (N-methyl/N-ethyl adjacent to an activating group) is 1. The molecule has 25 heavy (non-hydrogen) atoms. The highest BCUT2D eigenvalue weighted by Crippen LogP contribution is 2.08. The molecule has 2 unspecified atom stereocenters. The molecule has 0 aromatic carbocycles. The fraction of sp³-hybridized carbons (Fsp3) is 0.944. The fourth-order valence-corrected chi connectivity index (χ4v) is 3.12. The summed E-state index contributed by atoms with van der Waals surface area (Å²) in [4.78, 5) is 9.68. The molecule has 0 aliphatic carbocycles. The van der Waals surface area contributed by atoms with E-state index in [4.69, 9.17) is 14.5 Å². The Kier molecular flexibility index (Phi) is 9.54. The number of aliphatic imine (C=N–C) groups is 1. The van der Waals surface area contributed by atoms with Gasteiger partial charge in [-0.15, -0.1) is 0 Å². The number of hydrogen-bond acceptors (Lipinski definition) is 5. The van der Waals surface area contributed by atoms with Gasteiger partial charge in [-0.05, 0) is 33.7 Å². The Balaban J connectivity index is 1.62. The highest BCUT2D eigenvalue weighted by Gasteiger charge is 2.19. The molecule has 2 atom stereocenters. The standard InChI is InChI=1S/C18H37N5O2/c1-4-19-18(20-7-5-12-25-17-6-13-24-15-17)21-14-16(2)23-10-8-22(3)9-11-23/h16-17H,4-15H2,1-3H3,(H2,19,20,21). The summed E-state index contributed by atoms with van der Waals surface area (Å²) in [5, 5.41) is 6.74. The Morgan fingerprint density at radius 2 is 2.08 bits per heavy atom. The van der Waals surface area contributed by atoms with Gasteiger partial charge in [-0.1, -0.05) is 0 Å². The third-order valence-corrected chi connectivity index (χ3v) is 4.87. The summed E-state index contributed by atoms with van der Waals surface area (Å²) in [5.41, 5.74) is 0. The topological polar surface area (TPSA) is 61.4 Å². The van der Waals surface area contributed by atoms with Gasteiger partial charge in [-0.2, -0.15) is 0 Å². The summed E-state index contributed by atoms with van der Waals surface area (Å²) in [6.45, 7) is 13.9. The molecule has 2 fully saturated rings. The SMILES string of the molecule is CCNC(=NCC(C)N1CCN(C)CC1)NCCCOC1CCOC1. The van der Waals surface area contributed by atoms with Gasteiger partial charge in [0.2, 0.25) is 0 Å². The van der Waals surface area contributed by atoms with Crippen LogP contribution in [0.5, 0.6) is 0 Å². The average molecular weight is 356 g/mol. The number of piperazine rings is 1. The predicted octanol–water partition coefficient (Wildman–Crippen LogP) is 0.373. The molecule has 0 radical (unpaired) electrons. The van der Waals surface area contributed by atoms with Gasteiger partial charge in [-0.25, -0.2) is 0 Å². The van der Waals surface area contributed by atoms with Crippen LogP contribution in [0.3, 0.4) is 0 Å². The van der Waals surface area contributed by atoms with E-state index < -0.39 is 0 Å². The lowest BCUT2D eigenvalue weighted by atomic mass is 10.2. The lowest BCUT2D eigenvalue weighted by Gasteiger charge is -2.35. The first-order chi connectivity index (χ1) is 12.2. The first kappa shape index (κ1) is 20.4. The van der Waals surface area contributed by atoms with Crippen LogP contribution < -0.4 is 10.6 Å². The minimum Gasteiger partial charge on any atom is -0.379 e. The lowest BCUT2D eigenvalue weighted by Crippen LogP contribution is -2.49. The highest BCUT2D eigenvalue weighted by molar-refractivity contribution is 5.79. The van der Waals surface area contributed by atoms with E-state index >= 15 is 0 Å². The zero-order valence-corrected chi connectivity index (χ0v) is 16.3. The van der Waals surface area contributed by atoms with Gasteiger partial charge in [0.15, 0.2) is 5.96 Å². The van der Waals surface area contributed by atoms with Crippen molar-refractivity contribution in [2.24, 2.45) is 4.99 Å². The molecule has 0 spiro atoms. The number of guanidine groups is 1. The van der Waals surface area contributed by atoms with Crippen LogP contribution in [0.2, 0.25) is 0 Å². The maximum absolute atomic E-state index is 5.80. The fourth-order valence-electron chi connectivity index (χ4n) is 3.12. The highest BCUT2D eigenvalue weighted by atomic mass is 16.5. The van der Waals surface area contributed by atoms with Gasteiger partial charge >= 0.3 is 0 Å². The van der Waals surface area contributed by atoms with Crippen molar-refractivity contribution in [3.63, 3.8) is 0 Å². The second-order valence-corrected chi connectivity index (χ2v) is 7.04. The summed E-state index contributed by atoms with van der Waals surface area (Å²) in [7, 11) is 2.19. The molecule has 2 rings (SSSR count). The third-order valence-electron chi connectivity index (χ3n) is 4.87. The first-order valence-corrected chi connectivity index (χ1v) is 9.83. The predicted molar refractivity (Wildman–Crippen MR) is 102 cm³/mol. The van der Waals surface area contributed by atoms with Gasteiger partial charge in [0.1, 0.15) is 0 Å². The third kappa shape index (κ3) is 7.90. The molecule has 0 saturated carbocycles. The van der Waals surface area contributed by atoms with Crippen LogP contribution >= 0.6 is 0 Å². The molecule has 2 aliphatic heterocycles. The molecule has 2 N–H and O–H groups in total. The van der Waals surface area contributed by atoms with Crippen LogP contribution in [-0.2, 0) is 9.47 Å². The molecule has 0 aromatic heterocycles. The summed E-state index contributed by atoms with van der Waals surface area (Å²) in [6, 6.07) is 0.481. The van der Waals surface area contributed by atoms with Gasteiger partial charge in [-0.3, -0.25) is 9.89 Å². The second-order valence-electron chi connectivity index (χ2n) is 7.04. The summed E-state index contributed by atoms with van der Waals surface area (Å²) in [5.74, 6) is 0.910. The largest absolute Gasteiger partial charge is 0.379 e. The first-order valence-electron chi connectivity index (χ1n) is 9.83. The summed E-state index contributed by atoms with van der Waals surface area (Å²) >= 11 is 0. The Hall–Kier alpha value is -0.890. The van der Waals surface area contributed by atoms with E-state index in [-0.39, 0.29) is 0 Å². The van der Waals surface area contributed by atoms with E-state index in [2.05, 4.69) is 41.3 Å². The lowest BCUT2D eigenvalue weighted by molar-refractivity contribution is 0.0420. The Morgan fingerprint density at radius 1 is 1.28 bits per heavy atom. The Morgan fingerprint density at radius 3 is 2.76 bits per heavy atom. The Labute approximate surface area is 153 Å². The van der Waals surface area contributed by atoms with Gasteiger partial charge in [0.25, 0.3) is 0 Å². The van der Waals surface area contributed by atoms with Crippen molar-refractivity contribution in [3.05, 3.63) is 0 Å². The van der Waals surface area contributed by atoms with E-state index in [0.29, 0.717) is 12.1 Å².